The summed E-state index contributed by atoms with van der Waals surface area (Å²) in [6.07, 6.45) is 0.838. The molecule has 0 fully saturated rings. The molecule has 106 valence electrons. The van der Waals surface area contributed by atoms with Crippen LogP contribution in [0, 0.1) is 0 Å². The molecule has 0 aliphatic carbocycles. The third kappa shape index (κ3) is 4.24. The van der Waals surface area contributed by atoms with Crippen molar-refractivity contribution in [1.29, 1.82) is 0 Å². The van der Waals surface area contributed by atoms with Crippen LogP contribution in [0.2, 0.25) is 0 Å². The summed E-state index contributed by atoms with van der Waals surface area (Å²) < 4.78 is 5.64. The maximum Gasteiger partial charge on any atom is 0.260 e. The van der Waals surface area contributed by atoms with E-state index in [4.69, 9.17) is 10.5 Å². The lowest BCUT2D eigenvalue weighted by Crippen LogP contribution is -2.34. The van der Waals surface area contributed by atoms with Crippen molar-refractivity contribution in [1.82, 2.24) is 4.90 Å². The van der Waals surface area contributed by atoms with Gasteiger partial charge in [0, 0.05) is 24.7 Å². The summed E-state index contributed by atoms with van der Waals surface area (Å²) in [7, 11) is 0. The van der Waals surface area contributed by atoms with E-state index < -0.39 is 0 Å². The van der Waals surface area contributed by atoms with E-state index in [0.29, 0.717) is 18.8 Å². The second kappa shape index (κ2) is 7.79. The molecule has 1 aromatic carbocycles. The summed E-state index contributed by atoms with van der Waals surface area (Å²) >= 11 is 0. The molecule has 4 nitrogen and oxygen atoms in total. The van der Waals surface area contributed by atoms with Crippen LogP contribution in [0.3, 0.4) is 0 Å². The van der Waals surface area contributed by atoms with Gasteiger partial charge in [-0.2, -0.15) is 0 Å². The molecule has 0 aromatic heterocycles. The first-order valence-electron chi connectivity index (χ1n) is 6.89. The fourth-order valence-electron chi connectivity index (χ4n) is 1.95. The Labute approximate surface area is 115 Å². The molecule has 0 heterocycles. The zero-order valence-corrected chi connectivity index (χ0v) is 12.1. The number of nitrogens with zero attached hydrogens (tertiary/aromatic N) is 1. The summed E-state index contributed by atoms with van der Waals surface area (Å²) in [5.41, 5.74) is 6.99. The molecule has 0 saturated heterocycles. The number of nitrogens with two attached hydrogens (primary N) is 1. The molecule has 0 bridgehead atoms. The average Bonchev–Trinajstić information content (AvgIpc) is 2.45. The average molecular weight is 264 g/mol. The number of hydrogen-bond acceptors (Lipinski definition) is 3. The molecule has 1 aromatic rings. The van der Waals surface area contributed by atoms with Gasteiger partial charge in [0.2, 0.25) is 0 Å². The minimum Gasteiger partial charge on any atom is -0.483 e. The van der Waals surface area contributed by atoms with Gasteiger partial charge in [0.1, 0.15) is 5.75 Å². The molecule has 0 radical (unpaired) electrons. The SMILES string of the molecule is CCC(N)c1ccccc1OCC(=O)N(CC)CC. The molecule has 19 heavy (non-hydrogen) atoms. The highest BCUT2D eigenvalue weighted by molar-refractivity contribution is 5.77. The van der Waals surface area contributed by atoms with Crippen LogP contribution in [-0.2, 0) is 4.79 Å². The molecule has 0 aliphatic rings. The highest BCUT2D eigenvalue weighted by atomic mass is 16.5. The smallest absolute Gasteiger partial charge is 0.260 e. The summed E-state index contributed by atoms with van der Waals surface area (Å²) in [6, 6.07) is 7.58. The van der Waals surface area contributed by atoms with Crippen LogP contribution >= 0.6 is 0 Å². The predicted molar refractivity (Wildman–Crippen MR) is 77.1 cm³/mol. The Bertz CT molecular complexity index is 403. The van der Waals surface area contributed by atoms with E-state index in [1.807, 2.05) is 45.0 Å². The number of benzene rings is 1. The molecular formula is C15H24N2O2. The highest BCUT2D eigenvalue weighted by Gasteiger charge is 2.13. The van der Waals surface area contributed by atoms with E-state index >= 15 is 0 Å². The van der Waals surface area contributed by atoms with Crippen molar-refractivity contribution in [2.45, 2.75) is 33.2 Å². The standard InChI is InChI=1S/C15H24N2O2/c1-4-13(16)12-9-7-8-10-14(12)19-11-15(18)17(5-2)6-3/h7-10,13H,4-6,11,16H2,1-3H3. The van der Waals surface area contributed by atoms with E-state index in [-0.39, 0.29) is 18.6 Å². The number of amides is 1. The minimum atomic E-state index is -0.0558. The molecule has 1 atom stereocenters. The lowest BCUT2D eigenvalue weighted by Gasteiger charge is -2.20. The normalized spacial score (nSPS) is 12.0. The van der Waals surface area contributed by atoms with Crippen LogP contribution in [0.4, 0.5) is 0 Å². The summed E-state index contributed by atoms with van der Waals surface area (Å²) in [4.78, 5) is 13.7. The van der Waals surface area contributed by atoms with Crippen molar-refractivity contribution < 1.29 is 9.53 Å². The first-order chi connectivity index (χ1) is 9.13. The number of likely N-dealkylation sites (N-methyl/N-ethyl adjacent to an activating group) is 1. The van der Waals surface area contributed by atoms with Crippen LogP contribution in [0.25, 0.3) is 0 Å². The third-order valence-corrected chi connectivity index (χ3v) is 3.23. The van der Waals surface area contributed by atoms with Gasteiger partial charge in [0.05, 0.1) is 0 Å². The lowest BCUT2D eigenvalue weighted by atomic mass is 10.0. The maximum absolute atomic E-state index is 11.9. The Morgan fingerprint density at radius 2 is 1.89 bits per heavy atom. The van der Waals surface area contributed by atoms with E-state index in [0.717, 1.165) is 12.0 Å². The molecule has 0 saturated carbocycles. The molecule has 1 rings (SSSR count). The largest absolute Gasteiger partial charge is 0.483 e. The van der Waals surface area contributed by atoms with Gasteiger partial charge >= 0.3 is 0 Å². The minimum absolute atomic E-state index is 0.00451. The van der Waals surface area contributed by atoms with Crippen LogP contribution in [0.15, 0.2) is 24.3 Å². The molecule has 4 heteroatoms. The van der Waals surface area contributed by atoms with Gasteiger partial charge in [-0.3, -0.25) is 4.79 Å². The van der Waals surface area contributed by atoms with Gasteiger partial charge in [0.25, 0.3) is 5.91 Å². The van der Waals surface area contributed by atoms with Crippen molar-refractivity contribution in [3.8, 4) is 5.75 Å². The van der Waals surface area contributed by atoms with Gasteiger partial charge in [-0.15, -0.1) is 0 Å². The number of para-hydroxylation sites is 1. The van der Waals surface area contributed by atoms with Crippen molar-refractivity contribution in [2.24, 2.45) is 5.73 Å². The maximum atomic E-state index is 11.9. The van der Waals surface area contributed by atoms with Crippen molar-refractivity contribution >= 4 is 5.91 Å². The van der Waals surface area contributed by atoms with Crippen molar-refractivity contribution in [2.75, 3.05) is 19.7 Å². The Hall–Kier alpha value is -1.55. The molecule has 0 aliphatic heterocycles. The third-order valence-electron chi connectivity index (χ3n) is 3.23. The topological polar surface area (TPSA) is 55.6 Å². The fraction of sp³-hybridized carbons (Fsp3) is 0.533. The van der Waals surface area contributed by atoms with Crippen LogP contribution in [0.5, 0.6) is 5.75 Å². The highest BCUT2D eigenvalue weighted by Crippen LogP contribution is 2.25. The second-order valence-corrected chi connectivity index (χ2v) is 4.41. The monoisotopic (exact) mass is 264 g/mol. The number of hydrogen-bond donors (Lipinski definition) is 1. The second-order valence-electron chi connectivity index (χ2n) is 4.41. The van der Waals surface area contributed by atoms with E-state index in [1.165, 1.54) is 0 Å². The van der Waals surface area contributed by atoms with Gasteiger partial charge in [-0.25, -0.2) is 0 Å². The molecule has 2 N–H and O–H groups in total. The molecule has 1 amide bonds. The van der Waals surface area contributed by atoms with E-state index in [9.17, 15) is 4.79 Å². The molecule has 0 spiro atoms. The first kappa shape index (κ1) is 15.5. The first-order valence-corrected chi connectivity index (χ1v) is 6.89. The van der Waals surface area contributed by atoms with Crippen molar-refractivity contribution in [3.05, 3.63) is 29.8 Å². The van der Waals surface area contributed by atoms with E-state index in [2.05, 4.69) is 0 Å². The fourth-order valence-corrected chi connectivity index (χ4v) is 1.95. The number of carbonyl (C=O) groups is 1. The van der Waals surface area contributed by atoms with Gasteiger partial charge in [-0.1, -0.05) is 25.1 Å². The predicted octanol–water partition coefficient (Wildman–Crippen LogP) is 2.34. The van der Waals surface area contributed by atoms with Crippen LogP contribution < -0.4 is 10.5 Å². The summed E-state index contributed by atoms with van der Waals surface area (Å²) in [5, 5.41) is 0. The molecule has 1 unspecified atom stereocenters. The quantitative estimate of drug-likeness (QED) is 0.822. The van der Waals surface area contributed by atoms with Gasteiger partial charge in [0.15, 0.2) is 6.61 Å². The Morgan fingerprint density at radius 1 is 1.26 bits per heavy atom. The lowest BCUT2D eigenvalue weighted by molar-refractivity contribution is -0.132. The number of carbonyl (C=O) groups excluding carboxylic acids is 1. The van der Waals surface area contributed by atoms with Gasteiger partial charge in [-0.05, 0) is 26.3 Å². The number of rotatable bonds is 7. The van der Waals surface area contributed by atoms with E-state index in [1.54, 1.807) is 4.90 Å². The zero-order chi connectivity index (χ0) is 14.3. The number of ether oxygens (including phenoxy) is 1. The summed E-state index contributed by atoms with van der Waals surface area (Å²) in [5.74, 6) is 0.710. The van der Waals surface area contributed by atoms with Gasteiger partial charge < -0.3 is 15.4 Å². The Kier molecular flexibility index (Phi) is 6.36. The zero-order valence-electron chi connectivity index (χ0n) is 12.1. The van der Waals surface area contributed by atoms with Crippen LogP contribution in [0.1, 0.15) is 38.8 Å². The molecular weight excluding hydrogens is 240 g/mol. The summed E-state index contributed by atoms with van der Waals surface area (Å²) in [6.45, 7) is 7.42. The Morgan fingerprint density at radius 3 is 2.47 bits per heavy atom. The van der Waals surface area contributed by atoms with Crippen LogP contribution in [-0.4, -0.2) is 30.5 Å². The van der Waals surface area contributed by atoms with Crippen molar-refractivity contribution in [3.63, 3.8) is 0 Å². The Balaban J connectivity index is 2.70.